The molecule has 0 aromatic heterocycles. The van der Waals surface area contributed by atoms with Crippen LogP contribution in [0.4, 0.5) is 5.69 Å². The Balaban J connectivity index is 1.81. The monoisotopic (exact) mass is 365 g/mol. The molecule has 0 bridgehead atoms. The number of anilines is 1. The summed E-state index contributed by atoms with van der Waals surface area (Å²) in [5.74, 6) is -1.64. The molecule has 1 atom stereocenters. The van der Waals surface area contributed by atoms with E-state index in [1.807, 2.05) is 19.1 Å². The lowest BCUT2D eigenvalue weighted by Gasteiger charge is -2.14. The molecule has 0 aliphatic rings. The summed E-state index contributed by atoms with van der Waals surface area (Å²) in [6.07, 6.45) is -1.04. The number of rotatable bonds is 6. The van der Waals surface area contributed by atoms with Crippen LogP contribution in [-0.2, 0) is 14.3 Å². The first-order valence-electron chi connectivity index (χ1n) is 8.24. The van der Waals surface area contributed by atoms with Crippen molar-refractivity contribution >= 4 is 23.5 Å². The molecule has 2 aromatic rings. The maximum absolute atomic E-state index is 12.1. The predicted molar refractivity (Wildman–Crippen MR) is 98.9 cm³/mol. The predicted octanol–water partition coefficient (Wildman–Crippen LogP) is 2.17. The van der Waals surface area contributed by atoms with E-state index >= 15 is 0 Å². The van der Waals surface area contributed by atoms with Crippen molar-refractivity contribution < 1.29 is 19.1 Å². The van der Waals surface area contributed by atoms with E-state index in [2.05, 4.69) is 10.6 Å². The van der Waals surface area contributed by atoms with E-state index in [0.717, 1.165) is 5.56 Å². The number of nitrogens with zero attached hydrogens (tertiary/aromatic N) is 1. The lowest BCUT2D eigenvalue weighted by atomic mass is 10.1. The highest BCUT2D eigenvalue weighted by molar-refractivity contribution is 5.97. The highest BCUT2D eigenvalue weighted by atomic mass is 16.5. The van der Waals surface area contributed by atoms with Crippen molar-refractivity contribution in [2.75, 3.05) is 11.9 Å². The number of amides is 2. The molecule has 138 valence electrons. The third-order valence-corrected chi connectivity index (χ3v) is 3.63. The molecule has 0 saturated carbocycles. The Morgan fingerprint density at radius 1 is 1.15 bits per heavy atom. The number of benzene rings is 2. The Labute approximate surface area is 156 Å². The van der Waals surface area contributed by atoms with Crippen LogP contribution in [0, 0.1) is 18.3 Å². The number of aryl methyl sites for hydroxylation is 1. The SMILES string of the molecule is Cc1cccc(C(=O)NCC(=O)O[C@H](C)C(=O)Nc2ccc(C#N)cc2)c1. The Kier molecular flexibility index (Phi) is 6.67. The number of nitriles is 1. The molecule has 0 heterocycles. The molecule has 7 heteroatoms. The van der Waals surface area contributed by atoms with Crippen molar-refractivity contribution in [2.45, 2.75) is 20.0 Å². The second-order valence-corrected chi connectivity index (χ2v) is 5.86. The summed E-state index contributed by atoms with van der Waals surface area (Å²) < 4.78 is 5.02. The number of carbonyl (C=O) groups excluding carboxylic acids is 3. The zero-order chi connectivity index (χ0) is 19.8. The van der Waals surface area contributed by atoms with Gasteiger partial charge in [-0.3, -0.25) is 14.4 Å². The standard InChI is InChI=1S/C20H19N3O4/c1-13-4-3-5-16(10-13)20(26)22-12-18(24)27-14(2)19(25)23-17-8-6-15(11-21)7-9-17/h3-10,14H,12H2,1-2H3,(H,22,26)(H,23,25)/t14-/m1/s1. The fraction of sp³-hybridized carbons (Fsp3) is 0.200. The van der Waals surface area contributed by atoms with Crippen molar-refractivity contribution in [3.05, 3.63) is 65.2 Å². The third kappa shape index (κ3) is 5.97. The number of nitrogens with one attached hydrogen (secondary N) is 2. The molecule has 0 saturated heterocycles. The van der Waals surface area contributed by atoms with Gasteiger partial charge in [0.1, 0.15) is 6.54 Å². The van der Waals surface area contributed by atoms with E-state index in [4.69, 9.17) is 10.00 Å². The van der Waals surface area contributed by atoms with Gasteiger partial charge in [0.25, 0.3) is 11.8 Å². The van der Waals surface area contributed by atoms with Crippen molar-refractivity contribution in [1.82, 2.24) is 5.32 Å². The molecular weight excluding hydrogens is 346 g/mol. The van der Waals surface area contributed by atoms with Gasteiger partial charge in [-0.1, -0.05) is 17.7 Å². The van der Waals surface area contributed by atoms with Crippen LogP contribution < -0.4 is 10.6 Å². The zero-order valence-corrected chi connectivity index (χ0v) is 15.0. The van der Waals surface area contributed by atoms with Crippen LogP contribution >= 0.6 is 0 Å². The number of hydrogen-bond donors (Lipinski definition) is 2. The van der Waals surface area contributed by atoms with Crippen LogP contribution in [0.5, 0.6) is 0 Å². The molecule has 0 fully saturated rings. The van der Waals surface area contributed by atoms with Gasteiger partial charge in [0.2, 0.25) is 0 Å². The summed E-state index contributed by atoms with van der Waals surface area (Å²) in [5, 5.41) is 13.8. The summed E-state index contributed by atoms with van der Waals surface area (Å²) in [6.45, 7) is 2.94. The smallest absolute Gasteiger partial charge is 0.326 e. The van der Waals surface area contributed by atoms with E-state index in [-0.39, 0.29) is 6.54 Å². The van der Waals surface area contributed by atoms with E-state index in [0.29, 0.717) is 16.8 Å². The molecule has 2 aromatic carbocycles. The average molecular weight is 365 g/mol. The largest absolute Gasteiger partial charge is 0.451 e. The minimum Gasteiger partial charge on any atom is -0.451 e. The fourth-order valence-electron chi connectivity index (χ4n) is 2.21. The second-order valence-electron chi connectivity index (χ2n) is 5.86. The van der Waals surface area contributed by atoms with E-state index in [1.54, 1.807) is 42.5 Å². The number of carbonyl (C=O) groups is 3. The van der Waals surface area contributed by atoms with E-state index in [9.17, 15) is 14.4 Å². The lowest BCUT2D eigenvalue weighted by molar-refractivity contribution is -0.152. The van der Waals surface area contributed by atoms with E-state index in [1.165, 1.54) is 6.92 Å². The molecule has 0 unspecified atom stereocenters. The van der Waals surface area contributed by atoms with Crippen LogP contribution in [0.25, 0.3) is 0 Å². The Morgan fingerprint density at radius 3 is 2.48 bits per heavy atom. The first-order valence-corrected chi connectivity index (χ1v) is 8.24. The third-order valence-electron chi connectivity index (χ3n) is 3.63. The normalized spacial score (nSPS) is 11.0. The summed E-state index contributed by atoms with van der Waals surface area (Å²) in [7, 11) is 0. The fourth-order valence-corrected chi connectivity index (χ4v) is 2.21. The quantitative estimate of drug-likeness (QED) is 0.763. The van der Waals surface area contributed by atoms with Crippen LogP contribution in [0.3, 0.4) is 0 Å². The summed E-state index contributed by atoms with van der Waals surface area (Å²) in [5.41, 5.74) is 2.32. The summed E-state index contributed by atoms with van der Waals surface area (Å²) in [6, 6.07) is 15.2. The summed E-state index contributed by atoms with van der Waals surface area (Å²) in [4.78, 5) is 35.9. The maximum Gasteiger partial charge on any atom is 0.326 e. The van der Waals surface area contributed by atoms with Crippen molar-refractivity contribution in [3.63, 3.8) is 0 Å². The van der Waals surface area contributed by atoms with Gasteiger partial charge in [-0.05, 0) is 50.2 Å². The number of esters is 1. The van der Waals surface area contributed by atoms with Gasteiger partial charge in [-0.25, -0.2) is 0 Å². The van der Waals surface area contributed by atoms with E-state index < -0.39 is 23.9 Å². The molecule has 2 amide bonds. The molecule has 7 nitrogen and oxygen atoms in total. The van der Waals surface area contributed by atoms with Gasteiger partial charge in [0, 0.05) is 11.3 Å². The van der Waals surface area contributed by atoms with Crippen LogP contribution in [0.1, 0.15) is 28.4 Å². The Morgan fingerprint density at radius 2 is 1.85 bits per heavy atom. The number of ether oxygens (including phenoxy) is 1. The lowest BCUT2D eigenvalue weighted by Crippen LogP contribution is -2.35. The zero-order valence-electron chi connectivity index (χ0n) is 15.0. The second kappa shape index (κ2) is 9.15. The molecule has 27 heavy (non-hydrogen) atoms. The van der Waals surface area contributed by atoms with Crippen molar-refractivity contribution in [1.29, 1.82) is 5.26 Å². The Hall–Kier alpha value is -3.66. The van der Waals surface area contributed by atoms with Gasteiger partial charge < -0.3 is 15.4 Å². The minimum atomic E-state index is -1.04. The van der Waals surface area contributed by atoms with Crippen LogP contribution in [0.2, 0.25) is 0 Å². The Bertz CT molecular complexity index is 885. The first kappa shape index (κ1) is 19.7. The molecule has 0 aliphatic heterocycles. The molecular formula is C20H19N3O4. The maximum atomic E-state index is 12.1. The van der Waals surface area contributed by atoms with Crippen molar-refractivity contribution in [3.8, 4) is 6.07 Å². The topological polar surface area (TPSA) is 108 Å². The van der Waals surface area contributed by atoms with Gasteiger partial charge in [0.05, 0.1) is 11.6 Å². The van der Waals surface area contributed by atoms with Gasteiger partial charge in [-0.15, -0.1) is 0 Å². The van der Waals surface area contributed by atoms with Gasteiger partial charge in [-0.2, -0.15) is 5.26 Å². The van der Waals surface area contributed by atoms with Crippen molar-refractivity contribution in [2.24, 2.45) is 0 Å². The van der Waals surface area contributed by atoms with Crippen LogP contribution in [0.15, 0.2) is 48.5 Å². The highest BCUT2D eigenvalue weighted by Crippen LogP contribution is 2.10. The highest BCUT2D eigenvalue weighted by Gasteiger charge is 2.18. The molecule has 2 N–H and O–H groups in total. The van der Waals surface area contributed by atoms with Crippen LogP contribution in [-0.4, -0.2) is 30.4 Å². The number of hydrogen-bond acceptors (Lipinski definition) is 5. The summed E-state index contributed by atoms with van der Waals surface area (Å²) >= 11 is 0. The molecule has 0 aliphatic carbocycles. The first-order chi connectivity index (χ1) is 12.9. The van der Waals surface area contributed by atoms with Gasteiger partial charge in [0.15, 0.2) is 6.10 Å². The molecule has 2 rings (SSSR count). The average Bonchev–Trinajstić information content (AvgIpc) is 2.66. The minimum absolute atomic E-state index is 0.346. The molecule has 0 spiro atoms. The molecule has 0 radical (unpaired) electrons. The van der Waals surface area contributed by atoms with Gasteiger partial charge >= 0.3 is 5.97 Å².